The molecule has 0 amide bonds. The van der Waals surface area contributed by atoms with Gasteiger partial charge in [-0.15, -0.1) is 0 Å². The van der Waals surface area contributed by atoms with Gasteiger partial charge in [0.1, 0.15) is 0 Å². The number of sulfone groups is 1. The third-order valence-electron chi connectivity index (χ3n) is 11.6. The molecule has 0 bridgehead atoms. The van der Waals surface area contributed by atoms with Crippen molar-refractivity contribution in [2.75, 3.05) is 5.75 Å². The number of alkyl halides is 3. The van der Waals surface area contributed by atoms with E-state index < -0.39 is 21.6 Å². The molecule has 0 aliphatic heterocycles. The number of halogens is 3. The van der Waals surface area contributed by atoms with Crippen LogP contribution in [0.15, 0.2) is 46.9 Å². The van der Waals surface area contributed by atoms with Gasteiger partial charge in [-0.1, -0.05) is 57.5 Å². The van der Waals surface area contributed by atoms with Crippen molar-refractivity contribution >= 4 is 9.84 Å². The second-order valence-corrected chi connectivity index (χ2v) is 15.5. The van der Waals surface area contributed by atoms with E-state index in [9.17, 15) is 26.7 Å². The molecule has 0 aromatic heterocycles. The summed E-state index contributed by atoms with van der Waals surface area (Å²) < 4.78 is 67.3. The number of fused-ring (bicyclic) bond motifs is 5. The fourth-order valence-corrected chi connectivity index (χ4v) is 11.4. The molecule has 37 heavy (non-hydrogen) atoms. The maximum atomic E-state index is 13.7. The fourth-order valence-electron chi connectivity index (χ4n) is 9.71. The maximum absolute atomic E-state index is 13.7. The molecule has 1 aromatic carbocycles. The molecule has 4 aliphatic rings. The largest absolute Gasteiger partial charge is 0.417 e. The molecule has 3 nitrogen and oxygen atoms in total. The minimum absolute atomic E-state index is 0.0138. The van der Waals surface area contributed by atoms with E-state index in [1.54, 1.807) is 24.3 Å². The molecule has 7 heteroatoms. The normalized spacial score (nSPS) is 42.8. The van der Waals surface area contributed by atoms with E-state index in [1.807, 2.05) is 12.1 Å². The van der Waals surface area contributed by atoms with Crippen LogP contribution < -0.4 is 0 Å². The van der Waals surface area contributed by atoms with Crippen molar-refractivity contribution in [1.29, 1.82) is 0 Å². The van der Waals surface area contributed by atoms with Crippen molar-refractivity contribution in [3.63, 3.8) is 0 Å². The number of benzene rings is 1. The van der Waals surface area contributed by atoms with Gasteiger partial charge in [-0.25, -0.2) is 8.42 Å². The Kier molecular flexibility index (Phi) is 6.31. The Morgan fingerprint density at radius 3 is 2.30 bits per heavy atom. The van der Waals surface area contributed by atoms with Gasteiger partial charge in [0.2, 0.25) is 0 Å². The monoisotopic (exact) mass is 538 g/mol. The highest BCUT2D eigenvalue weighted by molar-refractivity contribution is 7.91. The van der Waals surface area contributed by atoms with Crippen molar-refractivity contribution in [1.82, 2.24) is 0 Å². The summed E-state index contributed by atoms with van der Waals surface area (Å²) in [6, 6.07) is 8.69. The van der Waals surface area contributed by atoms with E-state index in [4.69, 9.17) is 0 Å². The zero-order valence-corrected chi connectivity index (χ0v) is 23.3. The van der Waals surface area contributed by atoms with Crippen LogP contribution in [-0.4, -0.2) is 31.1 Å². The summed E-state index contributed by atoms with van der Waals surface area (Å²) in [6.07, 6.45) is 1.92. The standard InChI is InChI=1S/C30H41F3O3S/c1-20(19-37(35,36)22-8-6-5-7-9-22)23-10-11-24-27(23,3)15-13-25-26(2)16-17-29(34,30(31,32)33)18-21(26)12-14-28(24,25)4/h5-9,12,20,23-25,34H,10-11,13-19H2,1-4H3/t20-,23-,24-,25-,26+,27-,28+,29+/m1/s1. The van der Waals surface area contributed by atoms with E-state index in [0.717, 1.165) is 37.7 Å². The zero-order chi connectivity index (χ0) is 27.1. The summed E-state index contributed by atoms with van der Waals surface area (Å²) in [5, 5.41) is 10.5. The summed E-state index contributed by atoms with van der Waals surface area (Å²) in [5.41, 5.74) is -2.17. The van der Waals surface area contributed by atoms with Gasteiger partial charge in [0.15, 0.2) is 15.4 Å². The average molecular weight is 539 g/mol. The van der Waals surface area contributed by atoms with Crippen LogP contribution in [0.2, 0.25) is 0 Å². The Morgan fingerprint density at radius 1 is 0.973 bits per heavy atom. The summed E-state index contributed by atoms with van der Waals surface area (Å²) >= 11 is 0. The lowest BCUT2D eigenvalue weighted by atomic mass is 9.41. The number of allylic oxidation sites excluding steroid dienone is 1. The maximum Gasteiger partial charge on any atom is 0.417 e. The minimum atomic E-state index is -4.62. The van der Waals surface area contributed by atoms with Crippen LogP contribution in [0.4, 0.5) is 13.2 Å². The molecule has 0 heterocycles. The Bertz CT molecular complexity index is 1180. The lowest BCUT2D eigenvalue weighted by molar-refractivity contribution is -0.272. The van der Waals surface area contributed by atoms with Crippen LogP contribution >= 0.6 is 0 Å². The first kappa shape index (κ1) is 27.2. The van der Waals surface area contributed by atoms with E-state index in [0.29, 0.717) is 23.2 Å². The molecule has 0 spiro atoms. The molecule has 3 fully saturated rings. The van der Waals surface area contributed by atoms with Crippen LogP contribution in [0.25, 0.3) is 0 Å². The summed E-state index contributed by atoms with van der Waals surface area (Å²) in [7, 11) is -3.37. The number of hydrogen-bond donors (Lipinski definition) is 1. The van der Waals surface area contributed by atoms with Gasteiger partial charge in [0.25, 0.3) is 0 Å². The van der Waals surface area contributed by atoms with Gasteiger partial charge >= 0.3 is 6.18 Å². The molecule has 8 atom stereocenters. The molecular weight excluding hydrogens is 497 g/mol. The van der Waals surface area contributed by atoms with E-state index in [2.05, 4.69) is 27.7 Å². The molecular formula is C30H41F3O3S. The van der Waals surface area contributed by atoms with E-state index >= 15 is 0 Å². The Morgan fingerprint density at radius 2 is 1.65 bits per heavy atom. The van der Waals surface area contributed by atoms with Crippen LogP contribution in [-0.2, 0) is 9.84 Å². The van der Waals surface area contributed by atoms with E-state index in [1.165, 1.54) is 0 Å². The molecule has 0 saturated heterocycles. The summed E-state index contributed by atoms with van der Waals surface area (Å²) in [4.78, 5) is 0.381. The molecule has 5 rings (SSSR count). The van der Waals surface area contributed by atoms with Crippen molar-refractivity contribution in [3.05, 3.63) is 42.0 Å². The van der Waals surface area contributed by atoms with Crippen molar-refractivity contribution in [2.24, 2.45) is 39.9 Å². The highest BCUT2D eigenvalue weighted by Gasteiger charge is 2.66. The Hall–Kier alpha value is -1.34. The quantitative estimate of drug-likeness (QED) is 0.408. The Labute approximate surface area is 219 Å². The second-order valence-electron chi connectivity index (χ2n) is 13.5. The first-order valence-electron chi connectivity index (χ1n) is 13.8. The minimum Gasteiger partial charge on any atom is -0.380 e. The SMILES string of the molecule is C[C@H](CS(=O)(=O)c1ccccc1)[C@H]1CC[C@@H]2[C@]1(C)CC[C@H]1[C@@]2(C)CC=C2C[C@](O)(C(F)(F)F)CC[C@@]21C. The predicted octanol–water partition coefficient (Wildman–Crippen LogP) is 7.36. The third-order valence-corrected chi connectivity index (χ3v) is 13.6. The molecule has 1 N–H and O–H groups in total. The number of aliphatic hydroxyl groups is 1. The van der Waals surface area contributed by atoms with Gasteiger partial charge in [0.05, 0.1) is 10.6 Å². The Balaban J connectivity index is 1.40. The van der Waals surface area contributed by atoms with Crippen molar-refractivity contribution < 1.29 is 26.7 Å². The van der Waals surface area contributed by atoms with Crippen LogP contribution in [0.3, 0.4) is 0 Å². The molecule has 3 saturated carbocycles. The fraction of sp³-hybridized carbons (Fsp3) is 0.733. The lowest BCUT2D eigenvalue weighted by Crippen LogP contribution is -2.59. The van der Waals surface area contributed by atoms with Crippen LogP contribution in [0, 0.1) is 39.9 Å². The number of rotatable bonds is 4. The highest BCUT2D eigenvalue weighted by atomic mass is 32.2. The summed E-state index contributed by atoms with van der Waals surface area (Å²) in [6.45, 7) is 8.93. The topological polar surface area (TPSA) is 54.4 Å². The highest BCUT2D eigenvalue weighted by Crippen LogP contribution is 2.72. The molecule has 1 aromatic rings. The predicted molar refractivity (Wildman–Crippen MR) is 138 cm³/mol. The lowest BCUT2D eigenvalue weighted by Gasteiger charge is -2.64. The number of hydrogen-bond acceptors (Lipinski definition) is 3. The van der Waals surface area contributed by atoms with Crippen LogP contribution in [0.5, 0.6) is 0 Å². The van der Waals surface area contributed by atoms with Gasteiger partial charge in [-0.3, -0.25) is 0 Å². The van der Waals surface area contributed by atoms with Gasteiger partial charge in [-0.05, 0) is 97.0 Å². The van der Waals surface area contributed by atoms with E-state index in [-0.39, 0.29) is 46.7 Å². The van der Waals surface area contributed by atoms with Gasteiger partial charge < -0.3 is 5.11 Å². The van der Waals surface area contributed by atoms with Gasteiger partial charge in [0, 0.05) is 6.42 Å². The zero-order valence-electron chi connectivity index (χ0n) is 22.4. The van der Waals surface area contributed by atoms with Gasteiger partial charge in [-0.2, -0.15) is 13.2 Å². The molecule has 0 radical (unpaired) electrons. The first-order chi connectivity index (χ1) is 17.1. The second kappa shape index (κ2) is 8.58. The smallest absolute Gasteiger partial charge is 0.380 e. The average Bonchev–Trinajstić information content (AvgIpc) is 3.18. The van der Waals surface area contributed by atoms with Crippen molar-refractivity contribution in [3.8, 4) is 0 Å². The molecule has 0 unspecified atom stereocenters. The summed E-state index contributed by atoms with van der Waals surface area (Å²) in [5.74, 6) is 1.15. The first-order valence-corrected chi connectivity index (χ1v) is 15.5. The van der Waals surface area contributed by atoms with Crippen LogP contribution in [0.1, 0.15) is 79.1 Å². The molecule has 4 aliphatic carbocycles. The van der Waals surface area contributed by atoms with Crippen molar-refractivity contribution in [2.45, 2.75) is 95.7 Å². The third kappa shape index (κ3) is 4.04. The molecule has 206 valence electrons.